The van der Waals surface area contributed by atoms with Crippen LogP contribution in [0.25, 0.3) is 12.2 Å². The number of rotatable bonds is 6. The van der Waals surface area contributed by atoms with E-state index in [1.54, 1.807) is 14.2 Å². The molecular formula is C26H44O2Si6. The maximum Gasteiger partial charge on any atom is 0.118 e. The molecule has 1 aliphatic rings. The van der Waals surface area contributed by atoms with Crippen LogP contribution in [0, 0.1) is 0 Å². The zero-order valence-corrected chi connectivity index (χ0v) is 29.2. The molecule has 3 rings (SSSR count). The fraction of sp³-hybridized carbons (Fsp3) is 0.385. The van der Waals surface area contributed by atoms with Crippen molar-refractivity contribution in [2.75, 3.05) is 14.2 Å². The van der Waals surface area contributed by atoms with Crippen molar-refractivity contribution in [2.45, 2.75) is 52.4 Å². The highest BCUT2D eigenvalue weighted by Crippen LogP contribution is 2.43. The monoisotopic (exact) mass is 556 g/mol. The highest BCUT2D eigenvalue weighted by molar-refractivity contribution is 8.09. The van der Waals surface area contributed by atoms with Gasteiger partial charge in [-0.15, -0.1) is 11.4 Å². The molecule has 1 saturated heterocycles. The summed E-state index contributed by atoms with van der Waals surface area (Å²) >= 11 is 0. The third-order valence-corrected chi connectivity index (χ3v) is 145. The van der Waals surface area contributed by atoms with Gasteiger partial charge in [-0.3, -0.25) is 0 Å². The summed E-state index contributed by atoms with van der Waals surface area (Å²) < 4.78 is 10.7. The first-order valence-electron chi connectivity index (χ1n) is 12.4. The van der Waals surface area contributed by atoms with Crippen molar-refractivity contribution in [1.29, 1.82) is 0 Å². The molecule has 2 aromatic rings. The number of methoxy groups -OCH3 is 2. The van der Waals surface area contributed by atoms with Gasteiger partial charge in [-0.25, -0.2) is 0 Å². The minimum atomic E-state index is -1.31. The summed E-state index contributed by atoms with van der Waals surface area (Å²) in [7, 11) is -3.66. The summed E-state index contributed by atoms with van der Waals surface area (Å²) in [6.07, 6.45) is 4.98. The normalized spacial score (nSPS) is 24.9. The molecule has 0 aromatic heterocycles. The lowest BCUT2D eigenvalue weighted by Crippen LogP contribution is -2.92. The SMILES string of the molecule is COc1ccc(/C=C/[SiH]2[Si](C)(C)[Si](C)(C)[SiH](/C=C/c3ccc(OC)cc3)[Si](C)(C)[Si]2(C)C)cc1. The summed E-state index contributed by atoms with van der Waals surface area (Å²) in [4.78, 5) is 0. The van der Waals surface area contributed by atoms with Crippen LogP contribution in [0.3, 0.4) is 0 Å². The highest BCUT2D eigenvalue weighted by atomic mass is 30.2. The van der Waals surface area contributed by atoms with Crippen LogP contribution >= 0.6 is 0 Å². The van der Waals surface area contributed by atoms with Crippen molar-refractivity contribution in [3.8, 4) is 11.5 Å². The maximum absolute atomic E-state index is 5.36. The minimum Gasteiger partial charge on any atom is -0.497 e. The van der Waals surface area contributed by atoms with Crippen molar-refractivity contribution in [3.05, 3.63) is 71.1 Å². The van der Waals surface area contributed by atoms with Gasteiger partial charge in [0.15, 0.2) is 0 Å². The number of benzene rings is 2. The van der Waals surface area contributed by atoms with Crippen LogP contribution in [0.5, 0.6) is 11.5 Å². The largest absolute Gasteiger partial charge is 0.497 e. The average molecular weight is 557 g/mol. The van der Waals surface area contributed by atoms with Crippen LogP contribution in [0.15, 0.2) is 59.9 Å². The van der Waals surface area contributed by atoms with E-state index in [1.165, 1.54) is 11.1 Å². The molecule has 0 aliphatic carbocycles. The van der Waals surface area contributed by atoms with Crippen LogP contribution in [-0.2, 0) is 0 Å². The Bertz CT molecular complexity index is 926. The molecule has 2 aromatic carbocycles. The lowest BCUT2D eigenvalue weighted by molar-refractivity contribution is 0.414. The van der Waals surface area contributed by atoms with Gasteiger partial charge >= 0.3 is 0 Å². The Labute approximate surface area is 214 Å². The van der Waals surface area contributed by atoms with E-state index >= 15 is 0 Å². The second-order valence-corrected chi connectivity index (χ2v) is 79.2. The smallest absolute Gasteiger partial charge is 0.118 e. The molecule has 0 atom stereocenters. The van der Waals surface area contributed by atoms with Crippen LogP contribution in [0.2, 0.25) is 52.4 Å². The molecule has 2 nitrogen and oxygen atoms in total. The average Bonchev–Trinajstić information content (AvgIpc) is 2.78. The van der Waals surface area contributed by atoms with Gasteiger partial charge < -0.3 is 9.47 Å². The number of ether oxygens (including phenoxy) is 2. The van der Waals surface area contributed by atoms with Crippen molar-refractivity contribution in [2.24, 2.45) is 0 Å². The van der Waals surface area contributed by atoms with E-state index in [4.69, 9.17) is 9.47 Å². The number of hydrogen-bond acceptors (Lipinski definition) is 2. The van der Waals surface area contributed by atoms with E-state index in [2.05, 4.69) is 124 Å². The summed E-state index contributed by atoms with van der Waals surface area (Å²) in [6, 6.07) is 17.3. The molecule has 0 saturated carbocycles. The minimum absolute atomic E-state index is 0.941. The van der Waals surface area contributed by atoms with Gasteiger partial charge in [-0.05, 0) is 35.4 Å². The molecule has 1 heterocycles. The van der Waals surface area contributed by atoms with Crippen molar-refractivity contribution < 1.29 is 9.47 Å². The van der Waals surface area contributed by atoms with Gasteiger partial charge in [0.05, 0.1) is 14.2 Å². The van der Waals surface area contributed by atoms with Gasteiger partial charge in [0.2, 0.25) is 0 Å². The predicted octanol–water partition coefficient (Wildman–Crippen LogP) is 6.28. The summed E-state index contributed by atoms with van der Waals surface area (Å²) in [6.45, 7) is 22.5. The first kappa shape index (κ1) is 27.4. The Morgan fingerprint density at radius 2 is 0.765 bits per heavy atom. The van der Waals surface area contributed by atoms with Crippen LogP contribution < -0.4 is 9.47 Å². The second-order valence-electron chi connectivity index (χ2n) is 12.1. The Morgan fingerprint density at radius 1 is 0.500 bits per heavy atom. The second kappa shape index (κ2) is 10.1. The highest BCUT2D eigenvalue weighted by Gasteiger charge is 2.67. The van der Waals surface area contributed by atoms with Crippen LogP contribution in [0.1, 0.15) is 11.1 Å². The van der Waals surface area contributed by atoms with Gasteiger partial charge in [0, 0.05) is 44.1 Å². The molecule has 184 valence electrons. The lowest BCUT2D eigenvalue weighted by Gasteiger charge is -2.64. The van der Waals surface area contributed by atoms with Crippen LogP contribution in [-0.4, -0.2) is 58.3 Å². The van der Waals surface area contributed by atoms with E-state index in [-0.39, 0.29) is 0 Å². The Morgan fingerprint density at radius 3 is 1.00 bits per heavy atom. The summed E-state index contributed by atoms with van der Waals surface area (Å²) in [5, 5.41) is 0. The summed E-state index contributed by atoms with van der Waals surface area (Å²) in [5.74, 6) is 1.88. The topological polar surface area (TPSA) is 18.5 Å². The van der Waals surface area contributed by atoms with Crippen molar-refractivity contribution >= 4 is 56.3 Å². The van der Waals surface area contributed by atoms with E-state index in [0.29, 0.717) is 0 Å². The fourth-order valence-corrected chi connectivity index (χ4v) is 232. The molecule has 0 spiro atoms. The Hall–Kier alpha value is -1.18. The van der Waals surface area contributed by atoms with Crippen molar-refractivity contribution in [3.63, 3.8) is 0 Å². The molecule has 0 amide bonds. The van der Waals surface area contributed by atoms with Gasteiger partial charge in [0.1, 0.15) is 11.5 Å². The molecule has 0 N–H and O–H groups in total. The van der Waals surface area contributed by atoms with E-state index in [0.717, 1.165) is 11.5 Å². The standard InChI is InChI=1S/C26H44O2Si6/c1-27-25-15-11-23(12-16-25)19-21-29-31(3,4)33(7,8)30(34(9,10)32(29,5)6)22-20-24-13-17-26(28-2)18-14-24/h11-22,29-30H,1-10H3/b21-19+,22-20+. The predicted molar refractivity (Wildman–Crippen MR) is 168 cm³/mol. The van der Waals surface area contributed by atoms with Gasteiger partial charge in [-0.1, -0.05) is 88.8 Å². The quantitative estimate of drug-likeness (QED) is 0.390. The maximum atomic E-state index is 5.36. The molecule has 0 unspecified atom stereocenters. The van der Waals surface area contributed by atoms with Crippen molar-refractivity contribution in [1.82, 2.24) is 0 Å². The lowest BCUT2D eigenvalue weighted by atomic mass is 10.2. The first-order valence-corrected chi connectivity index (χ1v) is 35.0. The molecular weight excluding hydrogens is 513 g/mol. The van der Waals surface area contributed by atoms with Crippen LogP contribution in [0.4, 0.5) is 0 Å². The molecule has 34 heavy (non-hydrogen) atoms. The fourth-order valence-electron chi connectivity index (χ4n) is 6.21. The zero-order valence-electron chi connectivity index (χ0n) is 22.9. The molecule has 0 bridgehead atoms. The summed E-state index contributed by atoms with van der Waals surface area (Å²) in [5.41, 5.74) is 8.31. The van der Waals surface area contributed by atoms with E-state index in [1.807, 2.05) is 0 Å². The Balaban J connectivity index is 1.98. The first-order chi connectivity index (χ1) is 15.8. The third kappa shape index (κ3) is 4.90. The molecule has 0 radical (unpaired) electrons. The number of hydrogen-bond donors (Lipinski definition) is 0. The Kier molecular flexibility index (Phi) is 8.11. The zero-order chi connectivity index (χ0) is 25.4. The molecule has 8 heteroatoms. The van der Waals surface area contributed by atoms with Gasteiger partial charge in [0.25, 0.3) is 0 Å². The molecule has 1 aliphatic heterocycles. The van der Waals surface area contributed by atoms with Gasteiger partial charge in [-0.2, -0.15) is 0 Å². The van der Waals surface area contributed by atoms with E-state index < -0.39 is 44.1 Å². The van der Waals surface area contributed by atoms with E-state index in [9.17, 15) is 0 Å². The molecule has 1 fully saturated rings. The third-order valence-electron chi connectivity index (χ3n) is 9.63.